The molecule has 1 aromatic heterocycles. The smallest absolute Gasteiger partial charge is 0.242 e. The van der Waals surface area contributed by atoms with Crippen LogP contribution in [0.5, 0.6) is 0 Å². The van der Waals surface area contributed by atoms with Crippen molar-refractivity contribution in [2.45, 2.75) is 67.1 Å². The third-order valence-electron chi connectivity index (χ3n) is 8.17. The van der Waals surface area contributed by atoms with Crippen LogP contribution in [0.25, 0.3) is 0 Å². The van der Waals surface area contributed by atoms with Crippen LogP contribution in [-0.4, -0.2) is 47.5 Å². The number of amides is 1. The molecule has 1 aliphatic rings. The molecule has 0 saturated carbocycles. The summed E-state index contributed by atoms with van der Waals surface area (Å²) in [5.74, 6) is 0.133. The number of thioether (sulfide) groups is 1. The first-order valence-corrected chi connectivity index (χ1v) is 19.4. The number of aromatic nitrogens is 2. The molecule has 4 aromatic carbocycles. The highest BCUT2D eigenvalue weighted by Crippen LogP contribution is 2.40. The van der Waals surface area contributed by atoms with Gasteiger partial charge in [0.1, 0.15) is 11.0 Å². The van der Waals surface area contributed by atoms with Crippen LogP contribution in [0.3, 0.4) is 0 Å². The highest BCUT2D eigenvalue weighted by atomic mass is 32.2. The van der Waals surface area contributed by atoms with Gasteiger partial charge in [-0.2, -0.15) is 4.72 Å². The predicted octanol–water partition coefficient (Wildman–Crippen LogP) is 6.51. The Morgan fingerprint density at radius 1 is 0.920 bits per heavy atom. The minimum absolute atomic E-state index is 0.0454. The van der Waals surface area contributed by atoms with E-state index < -0.39 is 28.3 Å². The van der Waals surface area contributed by atoms with E-state index >= 15 is 0 Å². The zero-order valence-corrected chi connectivity index (χ0v) is 30.0. The molecule has 2 heterocycles. The fraction of sp³-hybridized carbons (Fsp3) is 0.270. The third-order valence-corrected chi connectivity index (χ3v) is 11.8. The van der Waals surface area contributed by atoms with Crippen molar-refractivity contribution in [3.63, 3.8) is 0 Å². The van der Waals surface area contributed by atoms with Gasteiger partial charge in [0.25, 0.3) is 0 Å². The summed E-state index contributed by atoms with van der Waals surface area (Å²) in [4.78, 5) is 13.9. The summed E-state index contributed by atoms with van der Waals surface area (Å²) >= 11 is 3.12. The molecule has 1 aliphatic heterocycles. The number of hydrogen-bond acceptors (Lipinski definition) is 10. The molecule has 1 fully saturated rings. The SMILES string of the molecule is Cc1ccc(S(=O)(=O)N[C@H](Cc2ccccc2)C(=O)Nc2cccc(C3O[C@H](CSc4nnc(C)s4)C[C@H](c4ccc(CO)cc4)O3)c2)cc1. The van der Waals surface area contributed by atoms with Gasteiger partial charge in [-0.25, -0.2) is 8.42 Å². The Bertz CT molecular complexity index is 1990. The molecule has 4 atom stereocenters. The number of carbonyl (C=O) groups excluding carboxylic acids is 1. The van der Waals surface area contributed by atoms with Crippen molar-refractivity contribution in [2.24, 2.45) is 0 Å². The summed E-state index contributed by atoms with van der Waals surface area (Å²) in [5.41, 5.74) is 4.68. The fourth-order valence-electron chi connectivity index (χ4n) is 5.53. The van der Waals surface area contributed by atoms with E-state index in [1.165, 1.54) is 23.5 Å². The fourth-order valence-corrected chi connectivity index (χ4v) is 8.58. The molecule has 260 valence electrons. The number of anilines is 1. The Balaban J connectivity index is 1.21. The van der Waals surface area contributed by atoms with Crippen LogP contribution in [0.4, 0.5) is 5.69 Å². The first-order chi connectivity index (χ1) is 24.1. The van der Waals surface area contributed by atoms with Crippen molar-refractivity contribution in [1.29, 1.82) is 0 Å². The average molecular weight is 731 g/mol. The molecule has 0 bridgehead atoms. The van der Waals surface area contributed by atoms with E-state index in [2.05, 4.69) is 20.2 Å². The van der Waals surface area contributed by atoms with Gasteiger partial charge >= 0.3 is 0 Å². The van der Waals surface area contributed by atoms with E-state index in [1.54, 1.807) is 42.1 Å². The third kappa shape index (κ3) is 9.43. The Labute approximate surface area is 300 Å². The Morgan fingerprint density at radius 2 is 1.68 bits per heavy atom. The lowest BCUT2D eigenvalue weighted by molar-refractivity contribution is -0.245. The standard InChI is InChI=1S/C37H38N4O6S3/c1-24-11-17-32(18-12-24)50(44,45)41-33(19-26-7-4-3-5-8-26)35(43)38-30-10-6-9-29(20-30)36-46-31(23-48-37-40-39-25(2)49-37)21-34(47-36)28-15-13-27(22-42)14-16-28/h3-18,20,31,33-34,36,41-42H,19,21-23H2,1-2H3,(H,38,43)/t31-,33+,34+,36?/m0/s1. The molecule has 1 saturated heterocycles. The van der Waals surface area contributed by atoms with Crippen molar-refractivity contribution >= 4 is 44.7 Å². The van der Waals surface area contributed by atoms with Crippen molar-refractivity contribution in [1.82, 2.24) is 14.9 Å². The van der Waals surface area contributed by atoms with Gasteiger partial charge in [-0.1, -0.05) is 108 Å². The van der Waals surface area contributed by atoms with Crippen LogP contribution in [0.1, 0.15) is 51.6 Å². The van der Waals surface area contributed by atoms with Crippen molar-refractivity contribution in [3.8, 4) is 0 Å². The largest absolute Gasteiger partial charge is 0.392 e. The summed E-state index contributed by atoms with van der Waals surface area (Å²) in [6.07, 6.45) is -0.456. The minimum Gasteiger partial charge on any atom is -0.392 e. The maximum absolute atomic E-state index is 13.8. The number of aliphatic hydroxyl groups is 1. The van der Waals surface area contributed by atoms with Gasteiger partial charge in [-0.15, -0.1) is 10.2 Å². The monoisotopic (exact) mass is 730 g/mol. The maximum atomic E-state index is 13.8. The molecule has 3 N–H and O–H groups in total. The van der Waals surface area contributed by atoms with Crippen LogP contribution < -0.4 is 10.0 Å². The summed E-state index contributed by atoms with van der Waals surface area (Å²) in [7, 11) is -4.00. The molecule has 0 spiro atoms. The second-order valence-corrected chi connectivity index (χ2v) is 16.2. The van der Waals surface area contributed by atoms with Gasteiger partial charge < -0.3 is 19.9 Å². The molecule has 1 unspecified atom stereocenters. The normalized spacial score (nSPS) is 18.4. The molecule has 10 nitrogen and oxygen atoms in total. The molecule has 0 aliphatic carbocycles. The molecular formula is C37H38N4O6S3. The van der Waals surface area contributed by atoms with E-state index in [9.17, 15) is 18.3 Å². The number of hydrogen-bond donors (Lipinski definition) is 3. The van der Waals surface area contributed by atoms with Gasteiger partial charge in [0, 0.05) is 23.4 Å². The zero-order valence-electron chi connectivity index (χ0n) is 27.6. The number of nitrogens with one attached hydrogen (secondary N) is 2. The number of rotatable bonds is 13. The number of benzene rings is 4. The number of carbonyl (C=O) groups is 1. The van der Waals surface area contributed by atoms with Gasteiger partial charge in [0.2, 0.25) is 15.9 Å². The molecule has 5 aromatic rings. The first-order valence-electron chi connectivity index (χ1n) is 16.1. The summed E-state index contributed by atoms with van der Waals surface area (Å²) < 4.78 is 43.2. The topological polar surface area (TPSA) is 140 Å². The number of ether oxygens (including phenoxy) is 2. The first kappa shape index (κ1) is 35.9. The Morgan fingerprint density at radius 3 is 2.38 bits per heavy atom. The second kappa shape index (κ2) is 16.4. The van der Waals surface area contributed by atoms with Crippen molar-refractivity contribution in [3.05, 3.63) is 136 Å². The highest BCUT2D eigenvalue weighted by Gasteiger charge is 2.33. The van der Waals surface area contributed by atoms with Crippen LogP contribution >= 0.6 is 23.1 Å². The Kier molecular flexibility index (Phi) is 11.7. The quantitative estimate of drug-likeness (QED) is 0.116. The van der Waals surface area contributed by atoms with Gasteiger partial charge in [-0.05, 0) is 61.2 Å². The van der Waals surface area contributed by atoms with Crippen LogP contribution in [0.15, 0.2) is 112 Å². The summed E-state index contributed by atoms with van der Waals surface area (Å²) in [6, 6.07) is 29.5. The minimum atomic E-state index is -4.00. The second-order valence-electron chi connectivity index (χ2n) is 12.0. The number of aryl methyl sites for hydroxylation is 2. The number of aliphatic hydroxyl groups excluding tert-OH is 1. The van der Waals surface area contributed by atoms with E-state index in [4.69, 9.17) is 9.47 Å². The van der Waals surface area contributed by atoms with E-state index in [-0.39, 0.29) is 30.1 Å². The summed E-state index contributed by atoms with van der Waals surface area (Å²) in [6.45, 7) is 3.75. The molecule has 0 radical (unpaired) electrons. The number of nitrogens with zero attached hydrogens (tertiary/aromatic N) is 2. The van der Waals surface area contributed by atoms with Crippen LogP contribution in [0, 0.1) is 13.8 Å². The van der Waals surface area contributed by atoms with Gasteiger partial charge in [0.15, 0.2) is 10.6 Å². The van der Waals surface area contributed by atoms with Crippen molar-refractivity contribution < 1.29 is 27.8 Å². The average Bonchev–Trinajstić information content (AvgIpc) is 3.55. The van der Waals surface area contributed by atoms with Crippen LogP contribution in [0.2, 0.25) is 0 Å². The number of sulfonamides is 1. The maximum Gasteiger partial charge on any atom is 0.242 e. The molecule has 6 rings (SSSR count). The van der Waals surface area contributed by atoms with E-state index in [1.807, 2.05) is 74.5 Å². The lowest BCUT2D eigenvalue weighted by atomic mass is 10.0. The summed E-state index contributed by atoms with van der Waals surface area (Å²) in [5, 5.41) is 21.7. The highest BCUT2D eigenvalue weighted by molar-refractivity contribution is 8.01. The molecule has 50 heavy (non-hydrogen) atoms. The van der Waals surface area contributed by atoms with E-state index in [0.717, 1.165) is 31.6 Å². The molecular weight excluding hydrogens is 693 g/mol. The van der Waals surface area contributed by atoms with Crippen LogP contribution in [-0.2, 0) is 37.3 Å². The van der Waals surface area contributed by atoms with Crippen molar-refractivity contribution in [2.75, 3.05) is 11.1 Å². The lowest BCUT2D eigenvalue weighted by Crippen LogP contribution is -2.45. The Hall–Kier alpha value is -3.95. The molecule has 13 heteroatoms. The predicted molar refractivity (Wildman–Crippen MR) is 194 cm³/mol. The van der Waals surface area contributed by atoms with E-state index in [0.29, 0.717) is 23.4 Å². The molecule has 1 amide bonds. The zero-order chi connectivity index (χ0) is 35.1. The van der Waals surface area contributed by atoms with Gasteiger partial charge in [-0.3, -0.25) is 4.79 Å². The lowest BCUT2D eigenvalue weighted by Gasteiger charge is -2.36. The van der Waals surface area contributed by atoms with Gasteiger partial charge in [0.05, 0.1) is 23.7 Å².